The van der Waals surface area contributed by atoms with E-state index >= 15 is 0 Å². The number of benzene rings is 1. The fraction of sp³-hybridized carbons (Fsp3) is 0.571. The van der Waals surface area contributed by atoms with Crippen molar-refractivity contribution in [3.63, 3.8) is 0 Å². The van der Waals surface area contributed by atoms with E-state index in [9.17, 15) is 0 Å². The second-order valence-corrected chi connectivity index (χ2v) is 4.42. The van der Waals surface area contributed by atoms with Gasteiger partial charge in [-0.25, -0.2) is 0 Å². The fourth-order valence-electron chi connectivity index (χ4n) is 1.89. The van der Waals surface area contributed by atoms with E-state index in [1.807, 2.05) is 12.1 Å². The zero-order chi connectivity index (χ0) is 11.9. The molecule has 1 aliphatic rings. The molecule has 2 rings (SSSR count). The van der Waals surface area contributed by atoms with Crippen LogP contribution in [0.2, 0.25) is 0 Å². The average Bonchev–Trinajstić information content (AvgIpc) is 2.85. The third-order valence-electron chi connectivity index (χ3n) is 2.87. The third-order valence-corrected chi connectivity index (χ3v) is 2.87. The Hall–Kier alpha value is -1.06. The van der Waals surface area contributed by atoms with Crippen LogP contribution in [0.4, 0.5) is 0 Å². The monoisotopic (exact) mass is 235 g/mol. The molecule has 3 nitrogen and oxygen atoms in total. The summed E-state index contributed by atoms with van der Waals surface area (Å²) in [4.78, 5) is 0. The van der Waals surface area contributed by atoms with Gasteiger partial charge in [-0.05, 0) is 30.7 Å². The zero-order valence-electron chi connectivity index (χ0n) is 10.4. The molecule has 1 unspecified atom stereocenters. The highest BCUT2D eigenvalue weighted by Gasteiger charge is 2.16. The highest BCUT2D eigenvalue weighted by molar-refractivity contribution is 5.27. The number of hydrogen-bond acceptors (Lipinski definition) is 3. The van der Waals surface area contributed by atoms with Gasteiger partial charge in [0.05, 0.1) is 13.2 Å². The lowest BCUT2D eigenvalue weighted by atomic mass is 10.2. The van der Waals surface area contributed by atoms with E-state index < -0.39 is 0 Å². The standard InChI is InChI=1S/C14H21NO2/c1-2-8-15-10-12-3-5-13(6-4-12)17-14-7-9-16-11-14/h3-6,14-15H,2,7-11H2,1H3. The Morgan fingerprint density at radius 1 is 1.35 bits per heavy atom. The SMILES string of the molecule is CCCNCc1ccc(OC2CCOC2)cc1. The molecule has 1 fully saturated rings. The molecule has 94 valence electrons. The summed E-state index contributed by atoms with van der Waals surface area (Å²) in [5.74, 6) is 0.944. The molecule has 0 spiro atoms. The zero-order valence-corrected chi connectivity index (χ0v) is 10.4. The molecule has 1 heterocycles. The van der Waals surface area contributed by atoms with Crippen LogP contribution >= 0.6 is 0 Å². The molecule has 0 amide bonds. The van der Waals surface area contributed by atoms with Gasteiger partial charge < -0.3 is 14.8 Å². The summed E-state index contributed by atoms with van der Waals surface area (Å²) < 4.78 is 11.1. The first kappa shape index (κ1) is 12.4. The van der Waals surface area contributed by atoms with Crippen molar-refractivity contribution in [2.45, 2.75) is 32.4 Å². The van der Waals surface area contributed by atoms with Crippen molar-refractivity contribution >= 4 is 0 Å². The van der Waals surface area contributed by atoms with Gasteiger partial charge in [-0.15, -0.1) is 0 Å². The molecule has 1 aliphatic heterocycles. The first-order valence-corrected chi connectivity index (χ1v) is 6.42. The Balaban J connectivity index is 1.80. The summed E-state index contributed by atoms with van der Waals surface area (Å²) in [6.07, 6.45) is 2.40. The molecule has 0 saturated carbocycles. The summed E-state index contributed by atoms with van der Waals surface area (Å²) in [5, 5.41) is 3.38. The molecule has 0 bridgehead atoms. The Morgan fingerprint density at radius 3 is 2.82 bits per heavy atom. The second kappa shape index (κ2) is 6.62. The van der Waals surface area contributed by atoms with Gasteiger partial charge in [0.2, 0.25) is 0 Å². The van der Waals surface area contributed by atoms with Crippen LogP contribution in [0.3, 0.4) is 0 Å². The Morgan fingerprint density at radius 2 is 2.18 bits per heavy atom. The highest BCUT2D eigenvalue weighted by Crippen LogP contribution is 2.17. The van der Waals surface area contributed by atoms with Gasteiger partial charge in [-0.1, -0.05) is 19.1 Å². The largest absolute Gasteiger partial charge is 0.488 e. The quantitative estimate of drug-likeness (QED) is 0.768. The Bertz CT molecular complexity index is 317. The van der Waals surface area contributed by atoms with E-state index in [2.05, 4.69) is 24.4 Å². The molecule has 1 aromatic rings. The van der Waals surface area contributed by atoms with E-state index in [-0.39, 0.29) is 6.10 Å². The minimum absolute atomic E-state index is 0.235. The van der Waals surface area contributed by atoms with Gasteiger partial charge >= 0.3 is 0 Å². The van der Waals surface area contributed by atoms with Crippen LogP contribution in [0.15, 0.2) is 24.3 Å². The van der Waals surface area contributed by atoms with Crippen LogP contribution in [0, 0.1) is 0 Å². The van der Waals surface area contributed by atoms with Crippen LogP contribution in [0.5, 0.6) is 5.75 Å². The number of hydrogen-bond donors (Lipinski definition) is 1. The molecular weight excluding hydrogens is 214 g/mol. The maximum absolute atomic E-state index is 5.81. The van der Waals surface area contributed by atoms with Gasteiger partial charge in [-0.3, -0.25) is 0 Å². The average molecular weight is 235 g/mol. The molecule has 1 atom stereocenters. The first-order valence-electron chi connectivity index (χ1n) is 6.42. The van der Waals surface area contributed by atoms with Gasteiger partial charge in [0.1, 0.15) is 11.9 Å². The second-order valence-electron chi connectivity index (χ2n) is 4.42. The summed E-state index contributed by atoms with van der Waals surface area (Å²) in [6.45, 7) is 5.72. The van der Waals surface area contributed by atoms with Crippen molar-refractivity contribution in [2.24, 2.45) is 0 Å². The van der Waals surface area contributed by atoms with Crippen molar-refractivity contribution in [3.05, 3.63) is 29.8 Å². The lowest BCUT2D eigenvalue weighted by molar-refractivity contribution is 0.141. The van der Waals surface area contributed by atoms with Gasteiger partial charge in [-0.2, -0.15) is 0 Å². The van der Waals surface area contributed by atoms with E-state index in [4.69, 9.17) is 9.47 Å². The van der Waals surface area contributed by atoms with Crippen LogP contribution in [-0.2, 0) is 11.3 Å². The molecule has 0 radical (unpaired) electrons. The van der Waals surface area contributed by atoms with Gasteiger partial charge in [0, 0.05) is 13.0 Å². The number of rotatable bonds is 6. The summed E-state index contributed by atoms with van der Waals surface area (Å²) >= 11 is 0. The lowest BCUT2D eigenvalue weighted by Crippen LogP contribution is -2.16. The smallest absolute Gasteiger partial charge is 0.124 e. The third kappa shape index (κ3) is 4.02. The van der Waals surface area contributed by atoms with Gasteiger partial charge in [0.15, 0.2) is 0 Å². The van der Waals surface area contributed by atoms with Crippen molar-refractivity contribution in [1.29, 1.82) is 0 Å². The predicted octanol–water partition coefficient (Wildman–Crippen LogP) is 2.35. The number of nitrogens with one attached hydrogen (secondary N) is 1. The Labute approximate surface area is 103 Å². The van der Waals surface area contributed by atoms with E-state index in [0.717, 1.165) is 38.5 Å². The number of ether oxygens (including phenoxy) is 2. The highest BCUT2D eigenvalue weighted by atomic mass is 16.5. The summed E-state index contributed by atoms with van der Waals surface area (Å²) in [5.41, 5.74) is 1.30. The topological polar surface area (TPSA) is 30.5 Å². The maximum atomic E-state index is 5.81. The first-order chi connectivity index (χ1) is 8.38. The molecule has 3 heteroatoms. The van der Waals surface area contributed by atoms with Crippen LogP contribution in [-0.4, -0.2) is 25.9 Å². The fourth-order valence-corrected chi connectivity index (χ4v) is 1.89. The molecule has 1 aromatic carbocycles. The minimum Gasteiger partial charge on any atom is -0.488 e. The van der Waals surface area contributed by atoms with Crippen molar-refractivity contribution < 1.29 is 9.47 Å². The van der Waals surface area contributed by atoms with Gasteiger partial charge in [0.25, 0.3) is 0 Å². The Kier molecular flexibility index (Phi) is 4.83. The van der Waals surface area contributed by atoms with Crippen molar-refractivity contribution in [3.8, 4) is 5.75 Å². The van der Waals surface area contributed by atoms with E-state index in [1.54, 1.807) is 0 Å². The van der Waals surface area contributed by atoms with E-state index in [1.165, 1.54) is 12.0 Å². The summed E-state index contributed by atoms with van der Waals surface area (Å²) in [6, 6.07) is 8.32. The molecule has 17 heavy (non-hydrogen) atoms. The van der Waals surface area contributed by atoms with E-state index in [0.29, 0.717) is 0 Å². The minimum atomic E-state index is 0.235. The lowest BCUT2D eigenvalue weighted by Gasteiger charge is -2.12. The van der Waals surface area contributed by atoms with Crippen molar-refractivity contribution in [2.75, 3.05) is 19.8 Å². The molecule has 1 N–H and O–H groups in total. The predicted molar refractivity (Wildman–Crippen MR) is 68.3 cm³/mol. The molecule has 0 aromatic heterocycles. The van der Waals surface area contributed by atoms with Crippen LogP contribution < -0.4 is 10.1 Å². The summed E-state index contributed by atoms with van der Waals surface area (Å²) in [7, 11) is 0. The maximum Gasteiger partial charge on any atom is 0.124 e. The normalized spacial score (nSPS) is 19.5. The van der Waals surface area contributed by atoms with Crippen LogP contribution in [0.1, 0.15) is 25.3 Å². The van der Waals surface area contributed by atoms with Crippen molar-refractivity contribution in [1.82, 2.24) is 5.32 Å². The molecule has 1 saturated heterocycles. The van der Waals surface area contributed by atoms with Crippen LogP contribution in [0.25, 0.3) is 0 Å². The molecular formula is C14H21NO2. The molecule has 0 aliphatic carbocycles.